The number of carbonyl (C=O) groups is 2. The van der Waals surface area contributed by atoms with E-state index in [1.807, 2.05) is 36.4 Å². The van der Waals surface area contributed by atoms with Crippen LogP contribution in [0.4, 0.5) is 5.69 Å². The van der Waals surface area contributed by atoms with E-state index in [-0.39, 0.29) is 30.0 Å². The van der Waals surface area contributed by atoms with Crippen molar-refractivity contribution in [2.75, 3.05) is 11.9 Å². The molecule has 226 valence electrons. The van der Waals surface area contributed by atoms with Crippen molar-refractivity contribution in [2.24, 2.45) is 0 Å². The van der Waals surface area contributed by atoms with Crippen molar-refractivity contribution in [3.63, 3.8) is 0 Å². The van der Waals surface area contributed by atoms with Gasteiger partial charge in [0.2, 0.25) is 0 Å². The normalized spacial score (nSPS) is 11.4. The molecule has 0 spiro atoms. The molecule has 3 aromatic heterocycles. The van der Waals surface area contributed by atoms with Crippen LogP contribution >= 0.6 is 0 Å². The molecule has 0 unspecified atom stereocenters. The van der Waals surface area contributed by atoms with Crippen LogP contribution in [-0.2, 0) is 16.8 Å². The number of ether oxygens (including phenoxy) is 2. The van der Waals surface area contributed by atoms with Crippen LogP contribution in [0.2, 0.25) is 0 Å². The molecule has 0 atom stereocenters. The van der Waals surface area contributed by atoms with Gasteiger partial charge >= 0.3 is 5.97 Å². The Labute approximate surface area is 260 Å². The summed E-state index contributed by atoms with van der Waals surface area (Å²) in [6.07, 6.45) is 3.04. The molecule has 0 radical (unpaired) electrons. The SMILES string of the molecule is CCOC(=O)c1cnn2c(-c3cccc(NC(=O)c4ccc(COc5ccc(C(C)(C)c6ccccc6)cc5)o4)c3)ccnc12. The number of anilines is 1. The molecule has 3 aromatic carbocycles. The monoisotopic (exact) mass is 600 g/mol. The van der Waals surface area contributed by atoms with E-state index in [0.29, 0.717) is 28.5 Å². The van der Waals surface area contributed by atoms with Gasteiger partial charge in [-0.15, -0.1) is 0 Å². The summed E-state index contributed by atoms with van der Waals surface area (Å²) >= 11 is 0. The van der Waals surface area contributed by atoms with E-state index in [9.17, 15) is 9.59 Å². The highest BCUT2D eigenvalue weighted by Crippen LogP contribution is 2.32. The molecule has 0 aliphatic heterocycles. The fourth-order valence-electron chi connectivity index (χ4n) is 5.13. The van der Waals surface area contributed by atoms with Gasteiger partial charge in [0.05, 0.1) is 18.5 Å². The molecule has 45 heavy (non-hydrogen) atoms. The van der Waals surface area contributed by atoms with Gasteiger partial charge in [0, 0.05) is 22.9 Å². The topological polar surface area (TPSA) is 108 Å². The first-order valence-electron chi connectivity index (χ1n) is 14.6. The lowest BCUT2D eigenvalue weighted by Gasteiger charge is -2.26. The number of furan rings is 1. The van der Waals surface area contributed by atoms with Crippen LogP contribution < -0.4 is 10.1 Å². The molecule has 0 saturated heterocycles. The Hall–Kier alpha value is -5.70. The molecular formula is C36H32N4O5. The third-order valence-corrected chi connectivity index (χ3v) is 7.65. The maximum atomic E-state index is 13.0. The van der Waals surface area contributed by atoms with Crippen LogP contribution in [0.5, 0.6) is 5.75 Å². The Morgan fingerprint density at radius 1 is 0.911 bits per heavy atom. The standard InChI is InChI=1S/C36H32N4O5/c1-4-43-35(42)30-22-38-40-31(19-20-37-33(30)40)24-9-8-12-27(21-24)39-34(41)32-18-17-29(45-32)23-44-28-15-13-26(14-16-28)36(2,3)25-10-6-5-7-11-25/h5-22H,4,23H2,1-3H3,(H,39,41). The van der Waals surface area contributed by atoms with Gasteiger partial charge in [-0.2, -0.15) is 5.10 Å². The van der Waals surface area contributed by atoms with Crippen LogP contribution in [0.25, 0.3) is 16.9 Å². The van der Waals surface area contributed by atoms with Gasteiger partial charge in [-0.25, -0.2) is 14.3 Å². The Kier molecular flexibility index (Phi) is 8.16. The number of nitrogens with one attached hydrogen (secondary N) is 1. The number of fused-ring (bicyclic) bond motifs is 1. The summed E-state index contributed by atoms with van der Waals surface area (Å²) < 4.78 is 18.4. The molecule has 3 heterocycles. The predicted octanol–water partition coefficient (Wildman–Crippen LogP) is 7.32. The Morgan fingerprint density at radius 2 is 1.69 bits per heavy atom. The summed E-state index contributed by atoms with van der Waals surface area (Å²) in [5.74, 6) is 0.518. The molecule has 0 fully saturated rings. The summed E-state index contributed by atoms with van der Waals surface area (Å²) in [5, 5.41) is 7.23. The number of rotatable bonds is 10. The summed E-state index contributed by atoms with van der Waals surface area (Å²) in [6.45, 7) is 6.57. The molecular weight excluding hydrogens is 568 g/mol. The van der Waals surface area contributed by atoms with Gasteiger partial charge in [-0.1, -0.05) is 68.4 Å². The summed E-state index contributed by atoms with van der Waals surface area (Å²) in [7, 11) is 0. The van der Waals surface area contributed by atoms with Crippen molar-refractivity contribution < 1.29 is 23.5 Å². The molecule has 9 heteroatoms. The zero-order valence-corrected chi connectivity index (χ0v) is 25.2. The minimum atomic E-state index is -0.484. The number of benzene rings is 3. The van der Waals surface area contributed by atoms with E-state index in [1.165, 1.54) is 17.3 Å². The first kappa shape index (κ1) is 29.4. The third kappa shape index (κ3) is 6.19. The van der Waals surface area contributed by atoms with E-state index < -0.39 is 11.9 Å². The van der Waals surface area contributed by atoms with Gasteiger partial charge in [-0.3, -0.25) is 4.79 Å². The van der Waals surface area contributed by atoms with Crippen molar-refractivity contribution in [1.82, 2.24) is 14.6 Å². The number of aromatic nitrogens is 3. The highest BCUT2D eigenvalue weighted by atomic mass is 16.5. The van der Waals surface area contributed by atoms with Crippen LogP contribution in [0.1, 0.15) is 58.6 Å². The quantitative estimate of drug-likeness (QED) is 0.164. The average molecular weight is 601 g/mol. The minimum absolute atomic E-state index is 0.139. The molecule has 9 nitrogen and oxygen atoms in total. The fourth-order valence-corrected chi connectivity index (χ4v) is 5.13. The first-order chi connectivity index (χ1) is 21.8. The van der Waals surface area contributed by atoms with Crippen LogP contribution in [-0.4, -0.2) is 33.1 Å². The first-order valence-corrected chi connectivity index (χ1v) is 14.6. The number of hydrogen-bond donors (Lipinski definition) is 1. The number of hydrogen-bond acceptors (Lipinski definition) is 7. The number of nitrogens with zero attached hydrogens (tertiary/aromatic N) is 3. The molecule has 1 amide bonds. The van der Waals surface area contributed by atoms with E-state index in [1.54, 1.807) is 41.9 Å². The Morgan fingerprint density at radius 3 is 2.47 bits per heavy atom. The van der Waals surface area contributed by atoms with Crippen LogP contribution in [0.3, 0.4) is 0 Å². The maximum Gasteiger partial charge on any atom is 0.343 e. The Bertz CT molecular complexity index is 1960. The Balaban J connectivity index is 1.10. The molecule has 0 bridgehead atoms. The smallest absolute Gasteiger partial charge is 0.343 e. The molecule has 1 N–H and O–H groups in total. The highest BCUT2D eigenvalue weighted by Gasteiger charge is 2.23. The van der Waals surface area contributed by atoms with Crippen molar-refractivity contribution in [3.05, 3.63) is 138 Å². The highest BCUT2D eigenvalue weighted by molar-refractivity contribution is 6.02. The lowest BCUT2D eigenvalue weighted by atomic mass is 9.78. The second-order valence-corrected chi connectivity index (χ2v) is 10.9. The minimum Gasteiger partial charge on any atom is -0.486 e. The maximum absolute atomic E-state index is 13.0. The van der Waals surface area contributed by atoms with Gasteiger partial charge in [0.1, 0.15) is 23.7 Å². The number of esters is 1. The molecule has 6 rings (SSSR count). The summed E-state index contributed by atoms with van der Waals surface area (Å²) in [5.41, 5.74) is 4.98. The van der Waals surface area contributed by atoms with Crippen molar-refractivity contribution >= 4 is 23.2 Å². The second-order valence-electron chi connectivity index (χ2n) is 10.9. The zero-order chi connectivity index (χ0) is 31.4. The van der Waals surface area contributed by atoms with E-state index in [0.717, 1.165) is 5.56 Å². The number of carbonyl (C=O) groups excluding carboxylic acids is 2. The van der Waals surface area contributed by atoms with Crippen molar-refractivity contribution in [2.45, 2.75) is 32.8 Å². The van der Waals surface area contributed by atoms with Crippen LogP contribution in [0.15, 0.2) is 114 Å². The van der Waals surface area contributed by atoms with Crippen molar-refractivity contribution in [1.29, 1.82) is 0 Å². The summed E-state index contributed by atoms with van der Waals surface area (Å²) in [6, 6.07) is 30.8. The number of amides is 1. The van der Waals surface area contributed by atoms with Crippen molar-refractivity contribution in [3.8, 4) is 17.0 Å². The molecule has 0 aliphatic carbocycles. The third-order valence-electron chi connectivity index (χ3n) is 7.65. The fraction of sp³-hybridized carbons (Fsp3) is 0.167. The zero-order valence-electron chi connectivity index (χ0n) is 25.2. The second kappa shape index (κ2) is 12.5. The van der Waals surface area contributed by atoms with Crippen LogP contribution in [0, 0.1) is 0 Å². The van der Waals surface area contributed by atoms with Gasteiger partial charge in [0.15, 0.2) is 11.4 Å². The van der Waals surface area contributed by atoms with E-state index in [4.69, 9.17) is 13.9 Å². The molecule has 0 aliphatic rings. The molecule has 0 saturated carbocycles. The average Bonchev–Trinajstić information content (AvgIpc) is 3.73. The van der Waals surface area contributed by atoms with Gasteiger partial charge < -0.3 is 19.2 Å². The van der Waals surface area contributed by atoms with E-state index >= 15 is 0 Å². The van der Waals surface area contributed by atoms with Gasteiger partial charge in [-0.05, 0) is 60.5 Å². The molecule has 6 aromatic rings. The summed E-state index contributed by atoms with van der Waals surface area (Å²) in [4.78, 5) is 29.6. The largest absolute Gasteiger partial charge is 0.486 e. The predicted molar refractivity (Wildman–Crippen MR) is 170 cm³/mol. The lowest BCUT2D eigenvalue weighted by molar-refractivity contribution is 0.0528. The van der Waals surface area contributed by atoms with Gasteiger partial charge in [0.25, 0.3) is 5.91 Å². The van der Waals surface area contributed by atoms with E-state index in [2.05, 4.69) is 65.6 Å². The lowest BCUT2D eigenvalue weighted by Crippen LogP contribution is -2.18.